The quantitative estimate of drug-likeness (QED) is 0.343. The topological polar surface area (TPSA) is 18.5 Å². The molecule has 29 heavy (non-hydrogen) atoms. The lowest BCUT2D eigenvalue weighted by Gasteiger charge is -2.28. The van der Waals surface area contributed by atoms with Gasteiger partial charge in [-0.25, -0.2) is 0 Å². The highest BCUT2D eigenvalue weighted by Crippen LogP contribution is 2.43. The molecule has 164 valence electrons. The summed E-state index contributed by atoms with van der Waals surface area (Å²) in [7, 11) is -4.04. The van der Waals surface area contributed by atoms with E-state index in [1.54, 1.807) is 0 Å². The van der Waals surface area contributed by atoms with Crippen molar-refractivity contribution < 1.29 is 8.85 Å². The van der Waals surface area contributed by atoms with Gasteiger partial charge in [-0.1, -0.05) is 44.7 Å². The molecule has 2 atom stereocenters. The Morgan fingerprint density at radius 2 is 1.03 bits per heavy atom. The maximum absolute atomic E-state index is 6.75. The summed E-state index contributed by atoms with van der Waals surface area (Å²) < 4.78 is 12.9. The fourth-order valence-corrected chi connectivity index (χ4v) is 10.5. The Morgan fingerprint density at radius 3 is 1.31 bits per heavy atom. The van der Waals surface area contributed by atoms with Crippen molar-refractivity contribution in [3.05, 3.63) is 42.7 Å². The maximum atomic E-state index is 6.75. The molecule has 0 aromatic rings. The van der Waals surface area contributed by atoms with E-state index in [2.05, 4.69) is 67.0 Å². The fourth-order valence-electron chi connectivity index (χ4n) is 4.44. The Bertz CT molecular complexity index is 730. The first-order valence-corrected chi connectivity index (χ1v) is 19.6. The lowest BCUT2D eigenvalue weighted by molar-refractivity contribution is 0.253. The number of halogens is 2. The molecule has 2 aliphatic carbocycles. The van der Waals surface area contributed by atoms with Gasteiger partial charge < -0.3 is 8.85 Å². The van der Waals surface area contributed by atoms with Crippen LogP contribution in [-0.4, -0.2) is 38.4 Å². The molecule has 0 aromatic heterocycles. The minimum absolute atomic E-state index is 0.0509. The minimum Gasteiger partial charge on any atom is -0.411 e. The molecule has 0 heterocycles. The Labute approximate surface area is 192 Å². The third-order valence-corrected chi connectivity index (χ3v) is 10.8. The van der Waals surface area contributed by atoms with Crippen molar-refractivity contribution in [2.24, 2.45) is 0 Å². The molecule has 0 amide bonds. The van der Waals surface area contributed by atoms with Crippen molar-refractivity contribution in [2.75, 3.05) is 0 Å². The maximum Gasteiger partial charge on any atom is 0.184 e. The van der Waals surface area contributed by atoms with Crippen LogP contribution in [0.15, 0.2) is 42.7 Å². The average Bonchev–Trinajstić information content (AvgIpc) is 2.91. The van der Waals surface area contributed by atoms with E-state index < -0.39 is 26.2 Å². The minimum atomic E-state index is -1.65. The number of hydrogen-bond acceptors (Lipinski definition) is 2. The highest BCUT2D eigenvalue weighted by Gasteiger charge is 2.34. The van der Waals surface area contributed by atoms with E-state index >= 15 is 0 Å². The third kappa shape index (κ3) is 6.55. The first kappa shape index (κ1) is 25.4. The molecule has 0 bridgehead atoms. The van der Waals surface area contributed by atoms with Crippen molar-refractivity contribution in [2.45, 2.75) is 92.0 Å². The van der Waals surface area contributed by atoms with Gasteiger partial charge in [-0.15, -0.1) is 0 Å². The van der Waals surface area contributed by atoms with Gasteiger partial charge in [0.15, 0.2) is 16.6 Å². The summed E-state index contributed by atoms with van der Waals surface area (Å²) in [5.41, 5.74) is 5.31. The largest absolute Gasteiger partial charge is 0.411 e. The van der Waals surface area contributed by atoms with Gasteiger partial charge in [0, 0.05) is 22.9 Å². The second-order valence-corrected chi connectivity index (χ2v) is 22.0. The molecule has 7 heteroatoms. The van der Waals surface area contributed by atoms with Crippen LogP contribution in [0.1, 0.15) is 40.5 Å². The van der Waals surface area contributed by atoms with Gasteiger partial charge in [-0.05, 0) is 78.1 Å². The zero-order chi connectivity index (χ0) is 22.3. The normalized spacial score (nSPS) is 21.5. The summed E-state index contributed by atoms with van der Waals surface area (Å²) in [6.07, 6.45) is 1.82. The molecule has 0 N–H and O–H groups in total. The summed E-state index contributed by atoms with van der Waals surface area (Å²) in [4.78, 5) is 0. The standard InChI is InChI=1S/C22H38Cl2O2Si3/c1-13-11-17(23)19(15(3)25-28(5,6)7)21(13)27-22-14(2)12-18(24)20(22)16(4)26-29(8,9)10/h15-16H,11-12,27H2,1-10H3. The average molecular weight is 490 g/mol. The van der Waals surface area contributed by atoms with Gasteiger partial charge in [0.25, 0.3) is 0 Å². The Hall–Kier alpha value is 0.111. The van der Waals surface area contributed by atoms with Crippen LogP contribution in [0.2, 0.25) is 39.3 Å². The van der Waals surface area contributed by atoms with Crippen molar-refractivity contribution in [1.82, 2.24) is 0 Å². The fraction of sp³-hybridized carbons (Fsp3) is 0.636. The second-order valence-electron chi connectivity index (χ2n) is 10.4. The van der Waals surface area contributed by atoms with E-state index in [-0.39, 0.29) is 12.2 Å². The van der Waals surface area contributed by atoms with Crippen LogP contribution in [0.4, 0.5) is 0 Å². The summed E-state index contributed by atoms with van der Waals surface area (Å²) in [6.45, 7) is 22.2. The van der Waals surface area contributed by atoms with E-state index in [0.29, 0.717) is 0 Å². The Balaban J connectivity index is 2.35. The summed E-state index contributed by atoms with van der Waals surface area (Å²) >= 11 is 13.5. The Morgan fingerprint density at radius 1 is 0.724 bits per heavy atom. The zero-order valence-electron chi connectivity index (χ0n) is 19.8. The molecule has 2 rings (SSSR count). The number of allylic oxidation sites excluding steroid dienone is 4. The number of hydrogen-bond donors (Lipinski definition) is 0. The van der Waals surface area contributed by atoms with E-state index in [0.717, 1.165) is 22.9 Å². The first-order chi connectivity index (χ1) is 13.1. The van der Waals surface area contributed by atoms with Crippen LogP contribution in [0.3, 0.4) is 0 Å². The van der Waals surface area contributed by atoms with Gasteiger partial charge >= 0.3 is 0 Å². The molecule has 0 saturated heterocycles. The van der Waals surface area contributed by atoms with Crippen molar-refractivity contribution in [3.63, 3.8) is 0 Å². The molecule has 2 unspecified atom stereocenters. The van der Waals surface area contributed by atoms with Crippen molar-refractivity contribution >= 4 is 49.4 Å². The highest BCUT2D eigenvalue weighted by molar-refractivity contribution is 6.70. The molecular formula is C22H38Cl2O2Si3. The van der Waals surface area contributed by atoms with Gasteiger partial charge in [-0.2, -0.15) is 0 Å². The van der Waals surface area contributed by atoms with Crippen LogP contribution in [0, 0.1) is 0 Å². The molecule has 0 saturated carbocycles. The van der Waals surface area contributed by atoms with E-state index in [1.807, 2.05) is 0 Å². The molecule has 0 aromatic carbocycles. The van der Waals surface area contributed by atoms with Gasteiger partial charge in [-0.3, -0.25) is 0 Å². The predicted octanol–water partition coefficient (Wildman–Crippen LogP) is 6.98. The van der Waals surface area contributed by atoms with E-state index in [9.17, 15) is 0 Å². The molecule has 0 aliphatic heterocycles. The zero-order valence-corrected chi connectivity index (χ0v) is 24.8. The van der Waals surface area contributed by atoms with Crippen LogP contribution >= 0.6 is 23.2 Å². The molecule has 2 aliphatic rings. The lowest BCUT2D eigenvalue weighted by atomic mass is 10.1. The molecule has 0 spiro atoms. The van der Waals surface area contributed by atoms with Gasteiger partial charge in [0.2, 0.25) is 0 Å². The summed E-state index contributed by atoms with van der Waals surface area (Å²) in [5.74, 6) is 0. The van der Waals surface area contributed by atoms with Crippen LogP contribution < -0.4 is 0 Å². The van der Waals surface area contributed by atoms with E-state index in [1.165, 1.54) is 32.7 Å². The highest BCUT2D eigenvalue weighted by atomic mass is 35.5. The second kappa shape index (κ2) is 9.31. The van der Waals surface area contributed by atoms with Crippen molar-refractivity contribution in [3.8, 4) is 0 Å². The SMILES string of the molecule is CC1=C([SiH2]C2=C(C)CC(Cl)=C2C(C)O[Si](C)(C)C)C(C(C)O[Si](C)(C)C)=C(Cl)C1. The summed E-state index contributed by atoms with van der Waals surface area (Å²) in [5, 5.41) is 4.88. The smallest absolute Gasteiger partial charge is 0.184 e. The van der Waals surface area contributed by atoms with Crippen molar-refractivity contribution in [1.29, 1.82) is 0 Å². The first-order valence-electron chi connectivity index (χ1n) is 10.6. The molecule has 0 radical (unpaired) electrons. The third-order valence-electron chi connectivity index (χ3n) is 5.33. The van der Waals surface area contributed by atoms with Crippen LogP contribution in [0.25, 0.3) is 0 Å². The predicted molar refractivity (Wildman–Crippen MR) is 137 cm³/mol. The molecule has 0 fully saturated rings. The van der Waals surface area contributed by atoms with Crippen LogP contribution in [-0.2, 0) is 8.85 Å². The molecule has 2 nitrogen and oxygen atoms in total. The summed E-state index contributed by atoms with van der Waals surface area (Å²) in [6, 6.07) is 0. The van der Waals surface area contributed by atoms with Gasteiger partial charge in [0.1, 0.15) is 0 Å². The monoisotopic (exact) mass is 488 g/mol. The Kier molecular flexibility index (Phi) is 8.14. The number of rotatable bonds is 8. The van der Waals surface area contributed by atoms with Gasteiger partial charge in [0.05, 0.1) is 21.7 Å². The van der Waals surface area contributed by atoms with E-state index in [4.69, 9.17) is 32.1 Å². The lowest BCUT2D eigenvalue weighted by Crippen LogP contribution is -2.33. The van der Waals surface area contributed by atoms with Crippen LogP contribution in [0.5, 0.6) is 0 Å². The molecular weight excluding hydrogens is 451 g/mol.